The molecule has 17 heavy (non-hydrogen) atoms. The van der Waals surface area contributed by atoms with Crippen LogP contribution in [0.1, 0.15) is 11.8 Å². The number of nitrogens with two attached hydrogens (primary N) is 1. The zero-order chi connectivity index (χ0) is 11.7. The van der Waals surface area contributed by atoms with Gasteiger partial charge in [0.25, 0.3) is 0 Å². The van der Waals surface area contributed by atoms with Gasteiger partial charge in [-0.05, 0) is 0 Å². The highest BCUT2D eigenvalue weighted by Crippen LogP contribution is 2.31. The predicted molar refractivity (Wildman–Crippen MR) is 63.4 cm³/mol. The fourth-order valence-corrected chi connectivity index (χ4v) is 3.01. The van der Waals surface area contributed by atoms with Gasteiger partial charge in [-0.15, -0.1) is 0 Å². The van der Waals surface area contributed by atoms with Gasteiger partial charge in [0.15, 0.2) is 0 Å². The molecule has 3 heterocycles. The maximum absolute atomic E-state index is 5.98. The largest absolute Gasteiger partial charge is 0.339 e. The molecule has 1 saturated heterocycles. The Kier molecular flexibility index (Phi) is 2.77. The summed E-state index contributed by atoms with van der Waals surface area (Å²) in [5.74, 6) is 3.09. The van der Waals surface area contributed by atoms with Crippen LogP contribution in [0.4, 0.5) is 0 Å². The molecule has 2 aromatic heterocycles. The molecule has 0 aliphatic carbocycles. The van der Waals surface area contributed by atoms with E-state index in [-0.39, 0.29) is 12.0 Å². The molecule has 3 rings (SSSR count). The van der Waals surface area contributed by atoms with Crippen molar-refractivity contribution in [2.45, 2.75) is 12.0 Å². The van der Waals surface area contributed by atoms with Crippen LogP contribution in [0.15, 0.2) is 23.1 Å². The first-order valence-corrected chi connectivity index (χ1v) is 6.43. The molecule has 1 aliphatic heterocycles. The van der Waals surface area contributed by atoms with Crippen LogP contribution in [-0.2, 0) is 0 Å². The van der Waals surface area contributed by atoms with E-state index in [2.05, 4.69) is 20.1 Å². The first kappa shape index (κ1) is 10.7. The van der Waals surface area contributed by atoms with Crippen molar-refractivity contribution >= 4 is 11.8 Å². The third kappa shape index (κ3) is 2.03. The highest BCUT2D eigenvalue weighted by Gasteiger charge is 2.31. The van der Waals surface area contributed by atoms with Crippen LogP contribution in [-0.4, -0.2) is 37.7 Å². The lowest BCUT2D eigenvalue weighted by molar-refractivity contribution is 0.352. The summed E-state index contributed by atoms with van der Waals surface area (Å²) in [6, 6.07) is 0.0927. The highest BCUT2D eigenvalue weighted by atomic mass is 32.2. The molecule has 1 aliphatic rings. The lowest BCUT2D eigenvalue weighted by Crippen LogP contribution is -2.26. The Bertz CT molecular complexity index is 502. The van der Waals surface area contributed by atoms with E-state index in [0.29, 0.717) is 17.4 Å². The van der Waals surface area contributed by atoms with Gasteiger partial charge in [0, 0.05) is 29.9 Å². The minimum atomic E-state index is 0.0927. The molecule has 0 amide bonds. The molecule has 2 unspecified atom stereocenters. The number of hydrogen-bond donors (Lipinski definition) is 1. The SMILES string of the molecule is NC1CSCC1c1nc(-c2cnccn2)no1. The summed E-state index contributed by atoms with van der Waals surface area (Å²) < 4.78 is 5.25. The van der Waals surface area contributed by atoms with Crippen molar-refractivity contribution in [1.29, 1.82) is 0 Å². The number of nitrogens with zero attached hydrogens (tertiary/aromatic N) is 4. The molecule has 2 atom stereocenters. The number of rotatable bonds is 2. The van der Waals surface area contributed by atoms with Crippen LogP contribution >= 0.6 is 11.8 Å². The number of aromatic nitrogens is 4. The van der Waals surface area contributed by atoms with Gasteiger partial charge in [-0.3, -0.25) is 4.98 Å². The molecular weight excluding hydrogens is 238 g/mol. The monoisotopic (exact) mass is 249 g/mol. The first-order valence-electron chi connectivity index (χ1n) is 5.28. The molecule has 2 aromatic rings. The number of hydrogen-bond acceptors (Lipinski definition) is 7. The second kappa shape index (κ2) is 4.42. The summed E-state index contributed by atoms with van der Waals surface area (Å²) in [6.45, 7) is 0. The van der Waals surface area contributed by atoms with Gasteiger partial charge in [-0.2, -0.15) is 16.7 Å². The van der Waals surface area contributed by atoms with Crippen LogP contribution in [0.25, 0.3) is 11.5 Å². The van der Waals surface area contributed by atoms with Gasteiger partial charge >= 0.3 is 0 Å². The van der Waals surface area contributed by atoms with Crippen LogP contribution in [0.3, 0.4) is 0 Å². The second-order valence-electron chi connectivity index (χ2n) is 3.85. The van der Waals surface area contributed by atoms with Gasteiger partial charge in [-0.25, -0.2) is 4.98 Å². The van der Waals surface area contributed by atoms with Crippen molar-refractivity contribution in [2.24, 2.45) is 5.73 Å². The second-order valence-corrected chi connectivity index (χ2v) is 4.93. The van der Waals surface area contributed by atoms with Gasteiger partial charge in [0.2, 0.25) is 11.7 Å². The maximum Gasteiger partial charge on any atom is 0.232 e. The van der Waals surface area contributed by atoms with Crippen LogP contribution in [0.2, 0.25) is 0 Å². The molecule has 0 spiro atoms. The Morgan fingerprint density at radius 2 is 2.29 bits per heavy atom. The first-order chi connectivity index (χ1) is 8.34. The Balaban J connectivity index is 1.88. The van der Waals surface area contributed by atoms with E-state index in [1.165, 1.54) is 0 Å². The molecule has 6 nitrogen and oxygen atoms in total. The molecule has 0 bridgehead atoms. The fraction of sp³-hybridized carbons (Fsp3) is 0.400. The summed E-state index contributed by atoms with van der Waals surface area (Å²) in [6.07, 6.45) is 4.81. The van der Waals surface area contributed by atoms with E-state index in [4.69, 9.17) is 10.3 Å². The molecule has 7 heteroatoms. The summed E-state index contributed by atoms with van der Waals surface area (Å²) in [5.41, 5.74) is 6.60. The minimum absolute atomic E-state index is 0.0927. The Hall–Kier alpha value is -1.47. The summed E-state index contributed by atoms with van der Waals surface area (Å²) >= 11 is 1.81. The Labute approximate surface area is 102 Å². The third-order valence-electron chi connectivity index (χ3n) is 2.68. The quantitative estimate of drug-likeness (QED) is 0.837. The van der Waals surface area contributed by atoms with Gasteiger partial charge in [0.1, 0.15) is 5.69 Å². The molecule has 0 saturated carbocycles. The van der Waals surface area contributed by atoms with E-state index in [0.717, 1.165) is 11.5 Å². The fourth-order valence-electron chi connectivity index (χ4n) is 1.73. The van der Waals surface area contributed by atoms with E-state index in [1.807, 2.05) is 11.8 Å². The van der Waals surface area contributed by atoms with Crippen molar-refractivity contribution in [3.63, 3.8) is 0 Å². The highest BCUT2D eigenvalue weighted by molar-refractivity contribution is 7.99. The minimum Gasteiger partial charge on any atom is -0.339 e. The van der Waals surface area contributed by atoms with Crippen LogP contribution < -0.4 is 5.73 Å². The smallest absolute Gasteiger partial charge is 0.232 e. The third-order valence-corrected chi connectivity index (χ3v) is 3.89. The number of thioether (sulfide) groups is 1. The van der Waals surface area contributed by atoms with Gasteiger partial charge < -0.3 is 10.3 Å². The van der Waals surface area contributed by atoms with E-state index in [1.54, 1.807) is 18.6 Å². The van der Waals surface area contributed by atoms with Crippen LogP contribution in [0.5, 0.6) is 0 Å². The lowest BCUT2D eigenvalue weighted by atomic mass is 10.1. The van der Waals surface area contributed by atoms with Crippen molar-refractivity contribution in [3.05, 3.63) is 24.5 Å². The van der Waals surface area contributed by atoms with Crippen LogP contribution in [0, 0.1) is 0 Å². The zero-order valence-corrected chi connectivity index (χ0v) is 9.80. The average molecular weight is 249 g/mol. The summed E-state index contributed by atoms with van der Waals surface area (Å²) in [5, 5.41) is 3.91. The molecule has 0 aromatic carbocycles. The van der Waals surface area contributed by atoms with E-state index in [9.17, 15) is 0 Å². The zero-order valence-electron chi connectivity index (χ0n) is 8.98. The molecule has 1 fully saturated rings. The molecular formula is C10H11N5OS. The van der Waals surface area contributed by atoms with Crippen molar-refractivity contribution < 1.29 is 4.52 Å². The standard InChI is InChI=1S/C10H11N5OS/c11-7-5-17-4-6(7)10-14-9(15-16-10)8-3-12-1-2-13-8/h1-3,6-7H,4-5,11H2. The maximum atomic E-state index is 5.98. The van der Waals surface area contributed by atoms with Crippen molar-refractivity contribution in [2.75, 3.05) is 11.5 Å². The van der Waals surface area contributed by atoms with Crippen molar-refractivity contribution in [1.82, 2.24) is 20.1 Å². The molecule has 88 valence electrons. The Morgan fingerprint density at radius 3 is 3.00 bits per heavy atom. The van der Waals surface area contributed by atoms with Crippen molar-refractivity contribution in [3.8, 4) is 11.5 Å². The molecule has 2 N–H and O–H groups in total. The van der Waals surface area contributed by atoms with Gasteiger partial charge in [0.05, 0.1) is 12.1 Å². The summed E-state index contributed by atoms with van der Waals surface area (Å²) in [7, 11) is 0. The van der Waals surface area contributed by atoms with E-state index < -0.39 is 0 Å². The Morgan fingerprint density at radius 1 is 1.35 bits per heavy atom. The topological polar surface area (TPSA) is 90.7 Å². The lowest BCUT2D eigenvalue weighted by Gasteiger charge is -2.07. The van der Waals surface area contributed by atoms with E-state index >= 15 is 0 Å². The molecule has 0 radical (unpaired) electrons. The predicted octanol–water partition coefficient (Wildman–Crippen LogP) is 0.684. The normalized spacial score (nSPS) is 24.1. The average Bonchev–Trinajstić information content (AvgIpc) is 2.98. The summed E-state index contributed by atoms with van der Waals surface area (Å²) in [4.78, 5) is 12.4. The van der Waals surface area contributed by atoms with Gasteiger partial charge in [-0.1, -0.05) is 5.16 Å².